The lowest BCUT2D eigenvalue weighted by molar-refractivity contribution is 1.25. The largest absolute Gasteiger partial charge is 0.383 e. The number of rotatable bonds is 1. The van der Waals surface area contributed by atoms with Crippen molar-refractivity contribution < 1.29 is 0 Å². The second-order valence-corrected chi connectivity index (χ2v) is 2.91. The van der Waals surface area contributed by atoms with Crippen molar-refractivity contribution in [3.8, 4) is 0 Å². The highest BCUT2D eigenvalue weighted by Crippen LogP contribution is 2.18. The number of aromatic nitrogens is 1. The molecule has 4 nitrogen and oxygen atoms in total. The molecular weight excluding hydrogens is 148 g/mol. The van der Waals surface area contributed by atoms with Crippen LogP contribution in [0.1, 0.15) is 10.6 Å². The molecule has 1 aromatic heterocycles. The fourth-order valence-corrected chi connectivity index (χ4v) is 1.36. The second kappa shape index (κ2) is 2.26. The molecule has 0 aliphatic carbocycles. The molecule has 0 saturated heterocycles. The lowest BCUT2D eigenvalue weighted by atomic mass is 10.4. The topological polar surface area (TPSA) is 88.8 Å². The van der Waals surface area contributed by atoms with Crippen LogP contribution in [-0.2, 0) is 0 Å². The maximum Gasteiger partial charge on any atom is 0.180 e. The van der Waals surface area contributed by atoms with Crippen molar-refractivity contribution in [1.82, 2.24) is 4.98 Å². The lowest BCUT2D eigenvalue weighted by Crippen LogP contribution is -2.10. The molecule has 0 fully saturated rings. The van der Waals surface area contributed by atoms with Gasteiger partial charge in [0.1, 0.15) is 5.84 Å². The van der Waals surface area contributed by atoms with Crippen LogP contribution < -0.4 is 11.5 Å². The zero-order valence-electron chi connectivity index (χ0n) is 5.51. The molecule has 1 heterocycles. The van der Waals surface area contributed by atoms with Gasteiger partial charge in [-0.3, -0.25) is 5.41 Å². The fraction of sp³-hybridized carbons (Fsp3) is 0.200. The minimum absolute atomic E-state index is 0.0340. The van der Waals surface area contributed by atoms with E-state index < -0.39 is 0 Å². The number of nitrogens with zero attached hydrogens (tertiary/aromatic N) is 1. The molecule has 1 rings (SSSR count). The summed E-state index contributed by atoms with van der Waals surface area (Å²) in [7, 11) is 0. The minimum Gasteiger partial charge on any atom is -0.383 e. The zero-order valence-corrected chi connectivity index (χ0v) is 6.33. The van der Waals surface area contributed by atoms with Crippen molar-refractivity contribution in [1.29, 1.82) is 5.41 Å². The summed E-state index contributed by atoms with van der Waals surface area (Å²) < 4.78 is 0. The van der Waals surface area contributed by atoms with Crippen LogP contribution in [0.4, 0.5) is 5.13 Å². The highest BCUT2D eigenvalue weighted by Gasteiger charge is 2.06. The van der Waals surface area contributed by atoms with Gasteiger partial charge in [-0.25, -0.2) is 4.98 Å². The number of nitrogens with one attached hydrogen (secondary N) is 1. The van der Waals surface area contributed by atoms with E-state index in [4.69, 9.17) is 16.9 Å². The molecule has 0 aliphatic heterocycles. The van der Waals surface area contributed by atoms with Crippen LogP contribution in [-0.4, -0.2) is 10.8 Å². The van der Waals surface area contributed by atoms with E-state index in [0.717, 1.165) is 5.69 Å². The van der Waals surface area contributed by atoms with Crippen LogP contribution in [0.15, 0.2) is 0 Å². The molecule has 5 heteroatoms. The molecule has 0 atom stereocenters. The lowest BCUT2D eigenvalue weighted by Gasteiger charge is -1.89. The normalized spacial score (nSPS) is 9.70. The Labute approximate surface area is 62.4 Å². The Bertz CT molecular complexity index is 265. The van der Waals surface area contributed by atoms with E-state index in [9.17, 15) is 0 Å². The van der Waals surface area contributed by atoms with E-state index in [1.165, 1.54) is 11.3 Å². The van der Waals surface area contributed by atoms with Gasteiger partial charge in [0.15, 0.2) is 5.13 Å². The number of amidine groups is 1. The van der Waals surface area contributed by atoms with E-state index in [0.29, 0.717) is 10.0 Å². The van der Waals surface area contributed by atoms with Gasteiger partial charge in [-0.1, -0.05) is 11.3 Å². The van der Waals surface area contributed by atoms with Crippen LogP contribution in [0.3, 0.4) is 0 Å². The van der Waals surface area contributed by atoms with Gasteiger partial charge >= 0.3 is 0 Å². The third kappa shape index (κ3) is 1.08. The Kier molecular flexibility index (Phi) is 1.58. The molecule has 0 aliphatic rings. The summed E-state index contributed by atoms with van der Waals surface area (Å²) in [6, 6.07) is 0. The Balaban J connectivity index is 3.15. The Hall–Kier alpha value is -1.10. The van der Waals surface area contributed by atoms with Gasteiger partial charge in [0.05, 0.1) is 10.6 Å². The van der Waals surface area contributed by atoms with E-state index >= 15 is 0 Å². The Morgan fingerprint density at radius 3 is 2.50 bits per heavy atom. The molecule has 10 heavy (non-hydrogen) atoms. The molecule has 0 amide bonds. The van der Waals surface area contributed by atoms with Crippen LogP contribution in [0.25, 0.3) is 0 Å². The third-order valence-corrected chi connectivity index (χ3v) is 2.08. The number of anilines is 1. The van der Waals surface area contributed by atoms with E-state index in [1.54, 1.807) is 6.92 Å². The van der Waals surface area contributed by atoms with Crippen LogP contribution in [0.2, 0.25) is 0 Å². The summed E-state index contributed by atoms with van der Waals surface area (Å²) in [6.07, 6.45) is 0. The number of hydrogen-bond acceptors (Lipinski definition) is 4. The monoisotopic (exact) mass is 156 g/mol. The van der Waals surface area contributed by atoms with E-state index in [-0.39, 0.29) is 5.84 Å². The minimum atomic E-state index is 0.0340. The van der Waals surface area contributed by atoms with Crippen LogP contribution in [0.5, 0.6) is 0 Å². The third-order valence-electron chi connectivity index (χ3n) is 1.06. The number of hydrogen-bond donors (Lipinski definition) is 3. The first-order valence-electron chi connectivity index (χ1n) is 2.68. The molecule has 1 aromatic rings. The van der Waals surface area contributed by atoms with E-state index in [1.807, 2.05) is 0 Å². The summed E-state index contributed by atoms with van der Waals surface area (Å²) in [6.45, 7) is 1.78. The summed E-state index contributed by atoms with van der Waals surface area (Å²) >= 11 is 1.24. The number of nitrogen functional groups attached to an aromatic ring is 2. The molecule has 0 radical (unpaired) electrons. The van der Waals surface area contributed by atoms with Crippen molar-refractivity contribution in [3.05, 3.63) is 10.6 Å². The predicted molar refractivity (Wildman–Crippen MR) is 42.3 cm³/mol. The Morgan fingerprint density at radius 1 is 1.70 bits per heavy atom. The summed E-state index contributed by atoms with van der Waals surface area (Å²) in [4.78, 5) is 4.57. The van der Waals surface area contributed by atoms with Gasteiger partial charge in [0.25, 0.3) is 0 Å². The molecule has 54 valence electrons. The van der Waals surface area contributed by atoms with Gasteiger partial charge in [-0.05, 0) is 6.92 Å². The van der Waals surface area contributed by atoms with Crippen molar-refractivity contribution in [2.75, 3.05) is 5.73 Å². The average molecular weight is 156 g/mol. The smallest absolute Gasteiger partial charge is 0.180 e. The first kappa shape index (κ1) is 7.01. The molecule has 0 unspecified atom stereocenters. The molecule has 0 saturated carbocycles. The average Bonchev–Trinajstić information content (AvgIpc) is 2.10. The number of aryl methyl sites for hydroxylation is 1. The Morgan fingerprint density at radius 2 is 2.30 bits per heavy atom. The molecule has 0 aromatic carbocycles. The maximum atomic E-state index is 7.08. The molecule has 5 N–H and O–H groups in total. The summed E-state index contributed by atoms with van der Waals surface area (Å²) in [5, 5.41) is 7.54. The number of nitrogens with two attached hydrogens (primary N) is 2. The zero-order chi connectivity index (χ0) is 7.72. The van der Waals surface area contributed by atoms with Gasteiger partial charge in [0, 0.05) is 0 Å². The van der Waals surface area contributed by atoms with Gasteiger partial charge in [0.2, 0.25) is 0 Å². The van der Waals surface area contributed by atoms with Gasteiger partial charge in [-0.2, -0.15) is 0 Å². The van der Waals surface area contributed by atoms with Gasteiger partial charge in [-0.15, -0.1) is 0 Å². The van der Waals surface area contributed by atoms with Crippen molar-refractivity contribution in [2.24, 2.45) is 5.73 Å². The highest BCUT2D eigenvalue weighted by atomic mass is 32.1. The summed E-state index contributed by atoms with van der Waals surface area (Å²) in [5.74, 6) is 0.0340. The molecular formula is C5H8N4S. The first-order valence-corrected chi connectivity index (χ1v) is 3.50. The second-order valence-electron chi connectivity index (χ2n) is 1.88. The first-order chi connectivity index (χ1) is 4.61. The van der Waals surface area contributed by atoms with Crippen molar-refractivity contribution in [2.45, 2.75) is 6.92 Å². The van der Waals surface area contributed by atoms with Crippen LogP contribution in [0, 0.1) is 12.3 Å². The molecule has 0 spiro atoms. The maximum absolute atomic E-state index is 7.08. The standard InChI is InChI=1S/C5H8N4S/c1-2-3(4(6)7)10-5(8)9-2/h1H3,(H3,6,7)(H2,8,9). The predicted octanol–water partition coefficient (Wildman–Crippen LogP) is 0.318. The number of thiazole rings is 1. The fourth-order valence-electron chi connectivity index (χ4n) is 0.667. The SMILES string of the molecule is Cc1nc(N)sc1C(=N)N. The quantitative estimate of drug-likeness (QED) is 0.404. The summed E-state index contributed by atoms with van der Waals surface area (Å²) in [5.41, 5.74) is 11.3. The van der Waals surface area contributed by atoms with E-state index in [2.05, 4.69) is 4.98 Å². The van der Waals surface area contributed by atoms with Crippen molar-refractivity contribution in [3.63, 3.8) is 0 Å². The van der Waals surface area contributed by atoms with Crippen molar-refractivity contribution >= 4 is 22.3 Å². The van der Waals surface area contributed by atoms with Gasteiger partial charge < -0.3 is 11.5 Å². The van der Waals surface area contributed by atoms with Crippen LogP contribution >= 0.6 is 11.3 Å². The highest BCUT2D eigenvalue weighted by molar-refractivity contribution is 7.17. The molecule has 0 bridgehead atoms.